The topological polar surface area (TPSA) is 169 Å². The molecule has 2 aromatic carbocycles. The van der Waals surface area contributed by atoms with Gasteiger partial charge in [-0.3, -0.25) is 19.0 Å². The molecule has 1 amide bonds. The van der Waals surface area contributed by atoms with E-state index in [0.717, 1.165) is 41.1 Å². The van der Waals surface area contributed by atoms with Gasteiger partial charge in [-0.2, -0.15) is 0 Å². The molecule has 1 saturated heterocycles. The maximum absolute atomic E-state index is 13.8. The molecule has 0 unspecified atom stereocenters. The van der Waals surface area contributed by atoms with E-state index in [4.69, 9.17) is 4.74 Å². The lowest BCUT2D eigenvalue weighted by molar-refractivity contribution is -0.138. The number of aliphatic carboxylic acids is 1. The monoisotopic (exact) mass is 687 g/mol. The zero-order chi connectivity index (χ0) is 33.0. The third-order valence-corrected chi connectivity index (χ3v) is 10.2. The molecule has 13 nitrogen and oxygen atoms in total. The van der Waals surface area contributed by atoms with Crippen LogP contribution in [0.5, 0.6) is 5.75 Å². The average Bonchev–Trinajstić information content (AvgIpc) is 3.43. The summed E-state index contributed by atoms with van der Waals surface area (Å²) >= 11 is 2.62. The Balaban J connectivity index is 1.61. The Bertz CT molecular complexity index is 2000. The van der Waals surface area contributed by atoms with Gasteiger partial charge in [0.1, 0.15) is 17.1 Å². The van der Waals surface area contributed by atoms with Crippen molar-refractivity contribution < 1.29 is 27.9 Å². The van der Waals surface area contributed by atoms with Gasteiger partial charge in [-0.05, 0) is 47.7 Å². The summed E-state index contributed by atoms with van der Waals surface area (Å²) in [5.74, 6) is -1.05. The number of ether oxygens (including phenoxy) is 1. The maximum atomic E-state index is 13.8. The van der Waals surface area contributed by atoms with Gasteiger partial charge >= 0.3 is 11.7 Å². The molecular formula is C30H33N5O8S3. The number of sulfonamides is 1. The molecular weight excluding hydrogens is 655 g/mol. The van der Waals surface area contributed by atoms with Crippen molar-refractivity contribution in [2.75, 3.05) is 45.3 Å². The highest BCUT2D eigenvalue weighted by atomic mass is 32.2. The molecule has 5 rings (SSSR count). The first-order valence-electron chi connectivity index (χ1n) is 14.3. The Morgan fingerprint density at radius 3 is 2.41 bits per heavy atom. The van der Waals surface area contributed by atoms with Gasteiger partial charge in [0.15, 0.2) is 6.61 Å². The van der Waals surface area contributed by atoms with E-state index in [-0.39, 0.29) is 35.8 Å². The molecule has 3 N–H and O–H groups in total. The quantitative estimate of drug-likeness (QED) is 0.186. The number of fused-ring (bicyclic) bond motifs is 1. The summed E-state index contributed by atoms with van der Waals surface area (Å²) in [6.07, 6.45) is 2.89. The van der Waals surface area contributed by atoms with Crippen LogP contribution in [0.2, 0.25) is 0 Å². The molecule has 16 heteroatoms. The normalized spacial score (nSPS) is 13.7. The molecule has 0 saturated carbocycles. The number of thioether (sulfide) groups is 1. The molecule has 0 spiro atoms. The smallest absolute Gasteiger partial charge is 0.332 e. The fourth-order valence-electron chi connectivity index (χ4n) is 5.19. The van der Waals surface area contributed by atoms with Gasteiger partial charge in [-0.1, -0.05) is 18.2 Å². The fourth-order valence-corrected chi connectivity index (χ4v) is 7.52. The maximum Gasteiger partial charge on any atom is 0.332 e. The van der Waals surface area contributed by atoms with Gasteiger partial charge < -0.3 is 20.1 Å². The molecule has 0 atom stereocenters. The predicted octanol–water partition coefficient (Wildman–Crippen LogP) is 1.61. The van der Waals surface area contributed by atoms with Crippen molar-refractivity contribution in [3.8, 4) is 16.2 Å². The molecule has 4 aromatic rings. The number of rotatable bonds is 12. The SMILES string of the molecule is CSc1ccccc1Cn1c(=O)n(CC(=O)O)c(=O)c2c(CNS(C)(=O)=O)c(-c3ccc(OCC(=O)N4CCNCC4)cc3)sc21. The number of benzene rings is 2. The lowest BCUT2D eigenvalue weighted by Gasteiger charge is -2.27. The Kier molecular flexibility index (Phi) is 10.3. The zero-order valence-corrected chi connectivity index (χ0v) is 27.6. The van der Waals surface area contributed by atoms with Gasteiger partial charge in [-0.15, -0.1) is 23.1 Å². The van der Waals surface area contributed by atoms with Crippen molar-refractivity contribution in [2.45, 2.75) is 24.5 Å². The number of amides is 1. The van der Waals surface area contributed by atoms with E-state index in [1.807, 2.05) is 30.5 Å². The van der Waals surface area contributed by atoms with Gasteiger partial charge in [0.05, 0.1) is 18.2 Å². The van der Waals surface area contributed by atoms with E-state index < -0.39 is 33.8 Å². The van der Waals surface area contributed by atoms with Crippen molar-refractivity contribution in [1.29, 1.82) is 0 Å². The Labute approximate surface area is 272 Å². The van der Waals surface area contributed by atoms with Crippen LogP contribution in [-0.2, 0) is 39.2 Å². The fraction of sp³-hybridized carbons (Fsp3) is 0.333. The highest BCUT2D eigenvalue weighted by Gasteiger charge is 2.25. The van der Waals surface area contributed by atoms with E-state index in [1.54, 1.807) is 29.2 Å². The number of piperazine rings is 1. The summed E-state index contributed by atoms with van der Waals surface area (Å²) in [6, 6.07) is 14.2. The van der Waals surface area contributed by atoms with Crippen molar-refractivity contribution >= 4 is 55.2 Å². The molecule has 0 radical (unpaired) electrons. The lowest BCUT2D eigenvalue weighted by Crippen LogP contribution is -2.47. The first-order valence-corrected chi connectivity index (χ1v) is 18.2. The van der Waals surface area contributed by atoms with Crippen LogP contribution in [0.25, 0.3) is 20.7 Å². The minimum absolute atomic E-state index is 0.0546. The highest BCUT2D eigenvalue weighted by Crippen LogP contribution is 2.38. The van der Waals surface area contributed by atoms with E-state index >= 15 is 0 Å². The predicted molar refractivity (Wildman–Crippen MR) is 177 cm³/mol. The molecule has 1 aliphatic heterocycles. The minimum Gasteiger partial charge on any atom is -0.484 e. The van der Waals surface area contributed by atoms with Crippen molar-refractivity contribution in [1.82, 2.24) is 24.1 Å². The van der Waals surface area contributed by atoms with Gasteiger partial charge in [0.2, 0.25) is 10.0 Å². The van der Waals surface area contributed by atoms with Crippen LogP contribution in [0.4, 0.5) is 0 Å². The van der Waals surface area contributed by atoms with E-state index in [2.05, 4.69) is 10.0 Å². The summed E-state index contributed by atoms with van der Waals surface area (Å²) in [7, 11) is -3.70. The number of nitrogens with one attached hydrogen (secondary N) is 2. The lowest BCUT2D eigenvalue weighted by atomic mass is 10.1. The zero-order valence-electron chi connectivity index (χ0n) is 25.1. The standard InChI is InChI=1S/C30H33N5O8S3/c1-44-23-6-4-3-5-20(23)16-35-29-26(28(39)34(30(35)40)17-25(37)38)22(15-32-46(2,41)42)27(45-29)19-7-9-21(10-8-19)43-18-24(36)33-13-11-31-12-14-33/h3-10,31-32H,11-18H2,1-2H3,(H,37,38). The number of carboxylic acids is 1. The Hall–Kier alpha value is -3.96. The third kappa shape index (κ3) is 7.53. The second kappa shape index (κ2) is 14.2. The molecule has 1 aliphatic rings. The minimum atomic E-state index is -3.70. The molecule has 0 aliphatic carbocycles. The molecule has 244 valence electrons. The van der Waals surface area contributed by atoms with Crippen molar-refractivity contribution in [2.24, 2.45) is 0 Å². The third-order valence-electron chi connectivity index (χ3n) is 7.43. The van der Waals surface area contributed by atoms with Crippen LogP contribution >= 0.6 is 23.1 Å². The van der Waals surface area contributed by atoms with Crippen molar-refractivity contribution in [3.63, 3.8) is 0 Å². The summed E-state index contributed by atoms with van der Waals surface area (Å²) < 4.78 is 34.5. The second-order valence-electron chi connectivity index (χ2n) is 10.6. The van der Waals surface area contributed by atoms with Crippen LogP contribution in [0, 0.1) is 0 Å². The van der Waals surface area contributed by atoms with Crippen LogP contribution in [0.15, 0.2) is 63.0 Å². The first kappa shape index (κ1) is 33.4. The van der Waals surface area contributed by atoms with E-state index in [0.29, 0.717) is 39.4 Å². The largest absolute Gasteiger partial charge is 0.484 e. The van der Waals surface area contributed by atoms with E-state index in [9.17, 15) is 32.7 Å². The summed E-state index contributed by atoms with van der Waals surface area (Å²) in [5.41, 5.74) is 0.102. The number of carbonyl (C=O) groups excluding carboxylic acids is 1. The summed E-state index contributed by atoms with van der Waals surface area (Å²) in [6.45, 7) is 1.47. The molecule has 46 heavy (non-hydrogen) atoms. The molecule has 1 fully saturated rings. The van der Waals surface area contributed by atoms with Gasteiger partial charge in [0, 0.05) is 48.1 Å². The van der Waals surface area contributed by atoms with Gasteiger partial charge in [-0.25, -0.2) is 22.5 Å². The second-order valence-corrected chi connectivity index (χ2v) is 14.3. The van der Waals surface area contributed by atoms with Crippen LogP contribution < -0.4 is 26.0 Å². The number of carboxylic acid groups (broad SMARTS) is 1. The number of hydrogen-bond acceptors (Lipinski definition) is 10. The molecule has 2 aromatic heterocycles. The summed E-state index contributed by atoms with van der Waals surface area (Å²) in [4.78, 5) is 55.2. The van der Waals surface area contributed by atoms with Gasteiger partial charge in [0.25, 0.3) is 11.5 Å². The number of carbonyl (C=O) groups is 2. The van der Waals surface area contributed by atoms with Crippen molar-refractivity contribution in [3.05, 3.63) is 80.5 Å². The van der Waals surface area contributed by atoms with Crippen LogP contribution in [0.3, 0.4) is 0 Å². The Morgan fingerprint density at radius 2 is 1.76 bits per heavy atom. The molecule has 0 bridgehead atoms. The van der Waals surface area contributed by atoms with E-state index in [1.165, 1.54) is 16.3 Å². The molecule has 3 heterocycles. The Morgan fingerprint density at radius 1 is 1.07 bits per heavy atom. The average molecular weight is 688 g/mol. The number of aromatic nitrogens is 2. The first-order chi connectivity index (χ1) is 22.0. The van der Waals surface area contributed by atoms with Crippen LogP contribution in [0.1, 0.15) is 11.1 Å². The number of nitrogens with zero attached hydrogens (tertiary/aromatic N) is 3. The number of thiophene rings is 1. The number of hydrogen-bond donors (Lipinski definition) is 3. The highest BCUT2D eigenvalue weighted by molar-refractivity contribution is 7.98. The van der Waals surface area contributed by atoms with Crippen LogP contribution in [-0.4, -0.2) is 84.7 Å². The summed E-state index contributed by atoms with van der Waals surface area (Å²) in [5, 5.41) is 12.8.